The van der Waals surface area contributed by atoms with Crippen LogP contribution in [-0.4, -0.2) is 34.2 Å². The summed E-state index contributed by atoms with van der Waals surface area (Å²) in [7, 11) is 1.79. The molecule has 1 aromatic carbocycles. The van der Waals surface area contributed by atoms with E-state index < -0.39 is 0 Å². The molecule has 0 fully saturated rings. The van der Waals surface area contributed by atoms with Crippen LogP contribution < -0.4 is 5.73 Å². The third-order valence-corrected chi connectivity index (χ3v) is 2.93. The molecule has 2 rings (SSSR count). The molecule has 1 amide bonds. The standard InChI is InChI=1S/C15H20N4O/c1-11(2)10-18(3)15(20)14-7-8-19(17-14)13-6-4-5-12(16)9-13/h4-9,11H,10,16H2,1-3H3. The number of rotatable bonds is 4. The second-order valence-corrected chi connectivity index (χ2v) is 5.32. The van der Waals surface area contributed by atoms with Crippen LogP contribution in [-0.2, 0) is 0 Å². The van der Waals surface area contributed by atoms with Gasteiger partial charge in [-0.05, 0) is 30.2 Å². The Balaban J connectivity index is 2.19. The number of aromatic nitrogens is 2. The quantitative estimate of drug-likeness (QED) is 0.868. The number of nitrogens with zero attached hydrogens (tertiary/aromatic N) is 3. The molecule has 5 nitrogen and oxygen atoms in total. The Hall–Kier alpha value is -2.30. The minimum atomic E-state index is -0.0682. The number of anilines is 1. The summed E-state index contributed by atoms with van der Waals surface area (Å²) >= 11 is 0. The lowest BCUT2D eigenvalue weighted by molar-refractivity contribution is 0.0773. The second-order valence-electron chi connectivity index (χ2n) is 5.32. The fourth-order valence-electron chi connectivity index (χ4n) is 2.08. The van der Waals surface area contributed by atoms with Gasteiger partial charge in [0.1, 0.15) is 0 Å². The summed E-state index contributed by atoms with van der Waals surface area (Å²) in [5.41, 5.74) is 7.70. The molecule has 0 spiro atoms. The zero-order valence-corrected chi connectivity index (χ0v) is 12.1. The molecule has 1 aromatic heterocycles. The van der Waals surface area contributed by atoms with Crippen LogP contribution in [0.15, 0.2) is 36.5 Å². The highest BCUT2D eigenvalue weighted by Gasteiger charge is 2.15. The molecule has 5 heteroatoms. The predicted molar refractivity (Wildman–Crippen MR) is 79.8 cm³/mol. The van der Waals surface area contributed by atoms with Gasteiger partial charge in [-0.1, -0.05) is 19.9 Å². The lowest BCUT2D eigenvalue weighted by Gasteiger charge is -2.17. The maximum Gasteiger partial charge on any atom is 0.274 e. The minimum absolute atomic E-state index is 0.0682. The van der Waals surface area contributed by atoms with Crippen molar-refractivity contribution in [3.63, 3.8) is 0 Å². The van der Waals surface area contributed by atoms with Gasteiger partial charge in [0.15, 0.2) is 5.69 Å². The number of hydrogen-bond acceptors (Lipinski definition) is 3. The van der Waals surface area contributed by atoms with E-state index in [0.717, 1.165) is 5.69 Å². The average Bonchev–Trinajstić information content (AvgIpc) is 2.86. The van der Waals surface area contributed by atoms with E-state index in [1.54, 1.807) is 28.9 Å². The van der Waals surface area contributed by atoms with Gasteiger partial charge in [-0.3, -0.25) is 4.79 Å². The van der Waals surface area contributed by atoms with Crippen molar-refractivity contribution in [1.82, 2.24) is 14.7 Å². The fraction of sp³-hybridized carbons (Fsp3) is 0.333. The smallest absolute Gasteiger partial charge is 0.274 e. The Morgan fingerprint density at radius 1 is 1.40 bits per heavy atom. The van der Waals surface area contributed by atoms with Gasteiger partial charge in [-0.2, -0.15) is 5.10 Å². The highest BCUT2D eigenvalue weighted by molar-refractivity contribution is 5.92. The molecule has 0 aliphatic rings. The Bertz CT molecular complexity index is 603. The van der Waals surface area contributed by atoms with Crippen LogP contribution in [0, 0.1) is 5.92 Å². The monoisotopic (exact) mass is 272 g/mol. The molecule has 0 saturated carbocycles. The SMILES string of the molecule is CC(C)CN(C)C(=O)c1ccn(-c2cccc(N)c2)n1. The molecule has 0 aliphatic heterocycles. The number of benzene rings is 1. The van der Waals surface area contributed by atoms with Crippen LogP contribution in [0.1, 0.15) is 24.3 Å². The van der Waals surface area contributed by atoms with Crippen molar-refractivity contribution in [3.05, 3.63) is 42.2 Å². The highest BCUT2D eigenvalue weighted by atomic mass is 16.2. The molecule has 0 radical (unpaired) electrons. The number of carbonyl (C=O) groups is 1. The van der Waals surface area contributed by atoms with E-state index in [4.69, 9.17) is 5.73 Å². The Morgan fingerprint density at radius 3 is 2.80 bits per heavy atom. The Kier molecular flexibility index (Phi) is 4.08. The summed E-state index contributed by atoms with van der Waals surface area (Å²) in [6, 6.07) is 9.12. The number of nitrogen functional groups attached to an aromatic ring is 1. The van der Waals surface area contributed by atoms with Crippen LogP contribution in [0.5, 0.6) is 0 Å². The Morgan fingerprint density at radius 2 is 2.15 bits per heavy atom. The van der Waals surface area contributed by atoms with Gasteiger partial charge in [-0.15, -0.1) is 0 Å². The molecule has 1 heterocycles. The summed E-state index contributed by atoms with van der Waals surface area (Å²) in [5.74, 6) is 0.362. The van der Waals surface area contributed by atoms with E-state index in [-0.39, 0.29) is 5.91 Å². The van der Waals surface area contributed by atoms with Crippen LogP contribution >= 0.6 is 0 Å². The van der Waals surface area contributed by atoms with Crippen LogP contribution in [0.2, 0.25) is 0 Å². The van der Waals surface area contributed by atoms with E-state index in [1.165, 1.54) is 0 Å². The summed E-state index contributed by atoms with van der Waals surface area (Å²) in [4.78, 5) is 13.9. The molecule has 2 aromatic rings. The topological polar surface area (TPSA) is 64.2 Å². The van der Waals surface area contributed by atoms with E-state index in [1.807, 2.05) is 24.3 Å². The summed E-state index contributed by atoms with van der Waals surface area (Å²) < 4.78 is 1.66. The number of carbonyl (C=O) groups excluding carboxylic acids is 1. The van der Waals surface area contributed by atoms with E-state index in [9.17, 15) is 4.79 Å². The molecular formula is C15H20N4O. The van der Waals surface area contributed by atoms with Gasteiger partial charge in [0, 0.05) is 25.5 Å². The second kappa shape index (κ2) is 5.77. The predicted octanol–water partition coefficient (Wildman–Crippen LogP) is 2.18. The normalized spacial score (nSPS) is 10.8. The molecule has 2 N–H and O–H groups in total. The number of hydrogen-bond donors (Lipinski definition) is 1. The van der Waals surface area contributed by atoms with E-state index >= 15 is 0 Å². The largest absolute Gasteiger partial charge is 0.399 e. The maximum atomic E-state index is 12.2. The van der Waals surface area contributed by atoms with Gasteiger partial charge in [0.2, 0.25) is 0 Å². The third kappa shape index (κ3) is 3.17. The molecule has 0 atom stereocenters. The van der Waals surface area contributed by atoms with Crippen molar-refractivity contribution in [2.24, 2.45) is 5.92 Å². The van der Waals surface area contributed by atoms with Crippen LogP contribution in [0.4, 0.5) is 5.69 Å². The minimum Gasteiger partial charge on any atom is -0.399 e. The van der Waals surface area contributed by atoms with Crippen molar-refractivity contribution < 1.29 is 4.79 Å². The first-order valence-corrected chi connectivity index (χ1v) is 6.64. The van der Waals surface area contributed by atoms with Gasteiger partial charge in [0.05, 0.1) is 5.69 Å². The van der Waals surface area contributed by atoms with Crippen molar-refractivity contribution in [1.29, 1.82) is 0 Å². The van der Waals surface area contributed by atoms with Gasteiger partial charge in [0.25, 0.3) is 5.91 Å². The zero-order valence-electron chi connectivity index (χ0n) is 12.1. The first-order valence-electron chi connectivity index (χ1n) is 6.64. The van der Waals surface area contributed by atoms with Crippen molar-refractivity contribution in [2.75, 3.05) is 19.3 Å². The van der Waals surface area contributed by atoms with E-state index in [2.05, 4.69) is 18.9 Å². The first-order chi connectivity index (χ1) is 9.47. The number of nitrogens with two attached hydrogens (primary N) is 1. The fourth-order valence-corrected chi connectivity index (χ4v) is 2.08. The zero-order chi connectivity index (χ0) is 14.7. The first kappa shape index (κ1) is 14.1. The van der Waals surface area contributed by atoms with Crippen LogP contribution in [0.3, 0.4) is 0 Å². The average molecular weight is 272 g/mol. The van der Waals surface area contributed by atoms with Crippen molar-refractivity contribution in [2.45, 2.75) is 13.8 Å². The van der Waals surface area contributed by atoms with Crippen LogP contribution in [0.25, 0.3) is 5.69 Å². The maximum absolute atomic E-state index is 12.2. The lowest BCUT2D eigenvalue weighted by atomic mass is 10.2. The van der Waals surface area contributed by atoms with Gasteiger partial charge in [-0.25, -0.2) is 4.68 Å². The molecule has 0 saturated heterocycles. The lowest BCUT2D eigenvalue weighted by Crippen LogP contribution is -2.30. The van der Waals surface area contributed by atoms with E-state index in [0.29, 0.717) is 23.8 Å². The molecule has 0 unspecified atom stereocenters. The van der Waals surface area contributed by atoms with Gasteiger partial charge >= 0.3 is 0 Å². The number of amides is 1. The summed E-state index contributed by atoms with van der Waals surface area (Å²) in [5, 5.41) is 4.32. The summed E-state index contributed by atoms with van der Waals surface area (Å²) in [6.45, 7) is 4.87. The third-order valence-electron chi connectivity index (χ3n) is 2.93. The Labute approximate surface area is 119 Å². The van der Waals surface area contributed by atoms with Crippen molar-refractivity contribution >= 4 is 11.6 Å². The van der Waals surface area contributed by atoms with Gasteiger partial charge < -0.3 is 10.6 Å². The molecule has 20 heavy (non-hydrogen) atoms. The molecule has 106 valence electrons. The summed E-state index contributed by atoms with van der Waals surface area (Å²) in [6.07, 6.45) is 1.77. The molecule has 0 aliphatic carbocycles. The molecule has 0 bridgehead atoms. The van der Waals surface area contributed by atoms with Crippen molar-refractivity contribution in [3.8, 4) is 5.69 Å². The molecular weight excluding hydrogens is 252 g/mol. The highest BCUT2D eigenvalue weighted by Crippen LogP contribution is 2.12.